The summed E-state index contributed by atoms with van der Waals surface area (Å²) in [5, 5.41) is 19.3. The number of hydrogen-bond donors (Lipinski definition) is 3. The van der Waals surface area contributed by atoms with Gasteiger partial charge in [0.05, 0.1) is 11.7 Å². The van der Waals surface area contributed by atoms with Crippen molar-refractivity contribution in [1.82, 2.24) is 0 Å². The van der Waals surface area contributed by atoms with E-state index in [4.69, 9.17) is 5.73 Å². The van der Waals surface area contributed by atoms with E-state index in [2.05, 4.69) is 0 Å². The van der Waals surface area contributed by atoms with Gasteiger partial charge in [0.2, 0.25) is 0 Å². The number of halogens is 3. The predicted molar refractivity (Wildman–Crippen MR) is 60.8 cm³/mol. The highest BCUT2D eigenvalue weighted by molar-refractivity contribution is 5.34. The van der Waals surface area contributed by atoms with Crippen LogP contribution >= 0.6 is 0 Å². The lowest BCUT2D eigenvalue weighted by molar-refractivity contribution is -0.138. The van der Waals surface area contributed by atoms with E-state index in [9.17, 15) is 23.4 Å². The molecule has 1 aromatic carbocycles. The van der Waals surface area contributed by atoms with E-state index in [0.717, 1.165) is 6.07 Å². The zero-order chi connectivity index (χ0) is 13.9. The zero-order valence-electron chi connectivity index (χ0n) is 9.91. The van der Waals surface area contributed by atoms with Gasteiger partial charge in [-0.25, -0.2) is 0 Å². The molecule has 0 aliphatic heterocycles. The highest BCUT2D eigenvalue weighted by atomic mass is 19.4. The number of aryl methyl sites for hydroxylation is 1. The average molecular weight is 263 g/mol. The average Bonchev–Trinajstić information content (AvgIpc) is 2.26. The summed E-state index contributed by atoms with van der Waals surface area (Å²) in [4.78, 5) is 0. The number of aliphatic hydroxyl groups is 2. The number of nitrogens with two attached hydrogens (primary N) is 1. The highest BCUT2D eigenvalue weighted by Gasteiger charge is 2.32. The molecule has 0 heterocycles. The Labute approximate surface area is 103 Å². The summed E-state index contributed by atoms with van der Waals surface area (Å²) >= 11 is 0. The molecular formula is C12H16F3NO2. The molecule has 2 atom stereocenters. The number of rotatable bonds is 4. The topological polar surface area (TPSA) is 66.5 Å². The van der Waals surface area contributed by atoms with E-state index in [1.54, 1.807) is 0 Å². The van der Waals surface area contributed by atoms with Crippen LogP contribution in [0.15, 0.2) is 18.2 Å². The van der Waals surface area contributed by atoms with Crippen LogP contribution in [-0.2, 0) is 6.18 Å². The maximum Gasteiger partial charge on any atom is 0.416 e. The maximum atomic E-state index is 12.5. The fourth-order valence-electron chi connectivity index (χ4n) is 1.74. The molecule has 1 aromatic rings. The van der Waals surface area contributed by atoms with Crippen LogP contribution in [0.2, 0.25) is 0 Å². The zero-order valence-corrected chi connectivity index (χ0v) is 9.91. The SMILES string of the molecule is Cc1cc(C(O)C(O)CCN)ccc1C(F)(F)F. The molecule has 0 saturated carbocycles. The van der Waals surface area contributed by atoms with Crippen LogP contribution in [0, 0.1) is 6.92 Å². The largest absolute Gasteiger partial charge is 0.416 e. The third-order valence-electron chi connectivity index (χ3n) is 2.72. The second-order valence-electron chi connectivity index (χ2n) is 4.16. The number of benzene rings is 1. The van der Waals surface area contributed by atoms with E-state index >= 15 is 0 Å². The van der Waals surface area contributed by atoms with Crippen molar-refractivity contribution in [3.05, 3.63) is 34.9 Å². The Morgan fingerprint density at radius 3 is 2.33 bits per heavy atom. The molecule has 4 N–H and O–H groups in total. The van der Waals surface area contributed by atoms with E-state index in [0.29, 0.717) is 0 Å². The smallest absolute Gasteiger partial charge is 0.390 e. The lowest BCUT2D eigenvalue weighted by atomic mass is 9.97. The van der Waals surface area contributed by atoms with Crippen LogP contribution in [0.1, 0.15) is 29.2 Å². The molecule has 6 heteroatoms. The Morgan fingerprint density at radius 1 is 1.28 bits per heavy atom. The molecular weight excluding hydrogens is 247 g/mol. The van der Waals surface area contributed by atoms with Gasteiger partial charge in [-0.15, -0.1) is 0 Å². The Bertz CT molecular complexity index is 407. The van der Waals surface area contributed by atoms with Crippen LogP contribution in [0.4, 0.5) is 13.2 Å². The minimum absolute atomic E-state index is 0.0130. The van der Waals surface area contributed by atoms with Gasteiger partial charge < -0.3 is 15.9 Å². The summed E-state index contributed by atoms with van der Waals surface area (Å²) in [5.41, 5.74) is 4.76. The van der Waals surface area contributed by atoms with Crippen LogP contribution in [0.25, 0.3) is 0 Å². The molecule has 0 saturated heterocycles. The third-order valence-corrected chi connectivity index (χ3v) is 2.72. The van der Waals surface area contributed by atoms with E-state index in [-0.39, 0.29) is 24.1 Å². The second-order valence-corrected chi connectivity index (χ2v) is 4.16. The molecule has 0 spiro atoms. The van der Waals surface area contributed by atoms with Crippen molar-refractivity contribution in [1.29, 1.82) is 0 Å². The second kappa shape index (κ2) is 5.69. The molecule has 18 heavy (non-hydrogen) atoms. The standard InChI is InChI=1S/C12H16F3NO2/c1-7-6-8(11(18)10(17)4-5-16)2-3-9(7)12(13,14)15/h2-3,6,10-11,17-18H,4-5,16H2,1H3. The fourth-order valence-corrected chi connectivity index (χ4v) is 1.74. The number of aliphatic hydroxyl groups excluding tert-OH is 2. The van der Waals surface area contributed by atoms with E-state index in [1.807, 2.05) is 0 Å². The van der Waals surface area contributed by atoms with Gasteiger partial charge >= 0.3 is 6.18 Å². The molecule has 0 aromatic heterocycles. The first-order valence-corrected chi connectivity index (χ1v) is 5.51. The molecule has 1 rings (SSSR count). The molecule has 2 unspecified atom stereocenters. The first-order valence-electron chi connectivity index (χ1n) is 5.51. The van der Waals surface area contributed by atoms with Crippen LogP contribution in [-0.4, -0.2) is 22.9 Å². The molecule has 0 fully saturated rings. The van der Waals surface area contributed by atoms with Crippen molar-refractivity contribution < 1.29 is 23.4 Å². The molecule has 0 radical (unpaired) electrons. The van der Waals surface area contributed by atoms with Gasteiger partial charge in [-0.2, -0.15) is 13.2 Å². The van der Waals surface area contributed by atoms with Crippen LogP contribution in [0.5, 0.6) is 0 Å². The molecule has 0 bridgehead atoms. The van der Waals surface area contributed by atoms with E-state index < -0.39 is 23.9 Å². The minimum Gasteiger partial charge on any atom is -0.390 e. The summed E-state index contributed by atoms with van der Waals surface area (Å²) in [7, 11) is 0. The molecule has 0 aliphatic rings. The number of alkyl halides is 3. The first kappa shape index (κ1) is 14.9. The summed E-state index contributed by atoms with van der Waals surface area (Å²) in [6.45, 7) is 1.51. The van der Waals surface area contributed by atoms with Crippen LogP contribution < -0.4 is 5.73 Å². The number of hydrogen-bond acceptors (Lipinski definition) is 3. The quantitative estimate of drug-likeness (QED) is 0.775. The van der Waals surface area contributed by atoms with Gasteiger partial charge in [-0.1, -0.05) is 12.1 Å². The Morgan fingerprint density at radius 2 is 1.89 bits per heavy atom. The molecule has 0 amide bonds. The maximum absolute atomic E-state index is 12.5. The van der Waals surface area contributed by atoms with Gasteiger partial charge in [0.1, 0.15) is 6.10 Å². The Balaban J connectivity index is 2.97. The summed E-state index contributed by atoms with van der Waals surface area (Å²) < 4.78 is 37.6. The normalized spacial score (nSPS) is 15.5. The first-order chi connectivity index (χ1) is 8.27. The highest BCUT2D eigenvalue weighted by Crippen LogP contribution is 2.33. The van der Waals surface area contributed by atoms with Gasteiger partial charge in [0.15, 0.2) is 0 Å². The Hall–Kier alpha value is -1.11. The molecule has 0 aliphatic carbocycles. The molecule has 102 valence electrons. The summed E-state index contributed by atoms with van der Waals surface area (Å²) in [6, 6.07) is 3.30. The fraction of sp³-hybridized carbons (Fsp3) is 0.500. The van der Waals surface area contributed by atoms with Crippen molar-refractivity contribution in [2.45, 2.75) is 31.7 Å². The van der Waals surface area contributed by atoms with Crippen molar-refractivity contribution in [2.75, 3.05) is 6.54 Å². The van der Waals surface area contributed by atoms with Crippen molar-refractivity contribution in [2.24, 2.45) is 5.73 Å². The van der Waals surface area contributed by atoms with E-state index in [1.165, 1.54) is 19.1 Å². The lowest BCUT2D eigenvalue weighted by Crippen LogP contribution is -2.22. The lowest BCUT2D eigenvalue weighted by Gasteiger charge is -2.19. The van der Waals surface area contributed by atoms with Crippen molar-refractivity contribution in [3.63, 3.8) is 0 Å². The third kappa shape index (κ3) is 3.44. The molecule has 3 nitrogen and oxygen atoms in total. The van der Waals surface area contributed by atoms with Crippen molar-refractivity contribution in [3.8, 4) is 0 Å². The summed E-state index contributed by atoms with van der Waals surface area (Å²) in [5.74, 6) is 0. The van der Waals surface area contributed by atoms with Crippen molar-refractivity contribution >= 4 is 0 Å². The van der Waals surface area contributed by atoms with Crippen LogP contribution in [0.3, 0.4) is 0 Å². The van der Waals surface area contributed by atoms with Gasteiger partial charge in [-0.05, 0) is 37.1 Å². The van der Waals surface area contributed by atoms with Gasteiger partial charge in [-0.3, -0.25) is 0 Å². The summed E-state index contributed by atoms with van der Waals surface area (Å²) in [6.07, 6.45) is -6.54. The monoisotopic (exact) mass is 263 g/mol. The Kier molecular flexibility index (Phi) is 4.72. The van der Waals surface area contributed by atoms with Gasteiger partial charge in [0.25, 0.3) is 0 Å². The van der Waals surface area contributed by atoms with Gasteiger partial charge in [0, 0.05) is 0 Å². The minimum atomic E-state index is -4.41. The predicted octanol–water partition coefficient (Wildman–Crippen LogP) is 1.76.